The first kappa shape index (κ1) is 10.2. The molecule has 1 amide bonds. The third-order valence-electron chi connectivity index (χ3n) is 2.73. The Morgan fingerprint density at radius 3 is 2.80 bits per heavy atom. The summed E-state index contributed by atoms with van der Waals surface area (Å²) >= 11 is 0. The number of carbonyl (C=O) groups is 1. The molecule has 0 heterocycles. The summed E-state index contributed by atoms with van der Waals surface area (Å²) in [5.41, 5.74) is 2.32. The van der Waals surface area contributed by atoms with E-state index in [1.807, 2.05) is 25.1 Å². The average Bonchev–Trinajstić information content (AvgIpc) is 3.02. The summed E-state index contributed by atoms with van der Waals surface area (Å²) in [6, 6.07) is 8.15. The molecule has 1 aromatic rings. The van der Waals surface area contributed by atoms with Gasteiger partial charge in [-0.3, -0.25) is 4.79 Å². The lowest BCUT2D eigenvalue weighted by Gasteiger charge is -2.09. The molecule has 1 fully saturated rings. The minimum absolute atomic E-state index is 0.130. The van der Waals surface area contributed by atoms with Gasteiger partial charge >= 0.3 is 0 Å². The summed E-state index contributed by atoms with van der Waals surface area (Å²) in [4.78, 5) is 11.5. The predicted molar refractivity (Wildman–Crippen MR) is 62.0 cm³/mol. The maximum absolute atomic E-state index is 11.5. The highest BCUT2D eigenvalue weighted by atomic mass is 16.1. The molecule has 1 aromatic carbocycles. The number of para-hydroxylation sites is 1. The zero-order valence-corrected chi connectivity index (χ0v) is 9.12. The van der Waals surface area contributed by atoms with Crippen LogP contribution in [-0.4, -0.2) is 5.91 Å². The maximum Gasteiger partial charge on any atom is 0.224 e. The van der Waals surface area contributed by atoms with Gasteiger partial charge in [0.2, 0.25) is 5.91 Å². The molecule has 80 valence electrons. The van der Waals surface area contributed by atoms with E-state index in [1.54, 1.807) is 0 Å². The summed E-state index contributed by atoms with van der Waals surface area (Å²) < 4.78 is 0. The summed E-state index contributed by atoms with van der Waals surface area (Å²) in [7, 11) is 0. The Bertz CT molecular complexity index is 355. The molecule has 1 aliphatic carbocycles. The van der Waals surface area contributed by atoms with Crippen molar-refractivity contribution in [3.8, 4) is 0 Å². The molecule has 0 radical (unpaired) electrons. The number of hydrogen-bond acceptors (Lipinski definition) is 1. The summed E-state index contributed by atoms with van der Waals surface area (Å²) in [6.07, 6.45) is 4.04. The first-order valence-electron chi connectivity index (χ1n) is 5.70. The van der Waals surface area contributed by atoms with Gasteiger partial charge in [0.25, 0.3) is 0 Å². The van der Waals surface area contributed by atoms with Crippen LogP contribution in [0.3, 0.4) is 0 Å². The second-order valence-electron chi connectivity index (χ2n) is 4.16. The van der Waals surface area contributed by atoms with Crippen molar-refractivity contribution in [1.29, 1.82) is 0 Å². The van der Waals surface area contributed by atoms with Crippen LogP contribution in [0.5, 0.6) is 0 Å². The molecule has 0 spiro atoms. The smallest absolute Gasteiger partial charge is 0.224 e. The molecule has 0 saturated heterocycles. The average molecular weight is 203 g/mol. The third kappa shape index (κ3) is 2.58. The summed E-state index contributed by atoms with van der Waals surface area (Å²) in [5.74, 6) is 0.814. The standard InChI is InChI=1S/C13H17NO/c1-2-5-13(15)14-12-7-4-3-6-11(12)10-8-9-10/h3-4,6-7,10H,2,5,8-9H2,1H3,(H,14,15). The predicted octanol–water partition coefficient (Wildman–Crippen LogP) is 3.30. The van der Waals surface area contributed by atoms with E-state index in [9.17, 15) is 4.79 Å². The van der Waals surface area contributed by atoms with E-state index in [1.165, 1.54) is 18.4 Å². The van der Waals surface area contributed by atoms with Crippen LogP contribution in [0.15, 0.2) is 24.3 Å². The Hall–Kier alpha value is -1.31. The highest BCUT2D eigenvalue weighted by Crippen LogP contribution is 2.43. The fraction of sp³-hybridized carbons (Fsp3) is 0.462. The van der Waals surface area contributed by atoms with E-state index in [0.717, 1.165) is 12.1 Å². The van der Waals surface area contributed by atoms with E-state index >= 15 is 0 Å². The van der Waals surface area contributed by atoms with Crippen molar-refractivity contribution in [3.05, 3.63) is 29.8 Å². The second kappa shape index (κ2) is 4.47. The van der Waals surface area contributed by atoms with Gasteiger partial charge in [-0.1, -0.05) is 25.1 Å². The van der Waals surface area contributed by atoms with Crippen LogP contribution in [0.2, 0.25) is 0 Å². The van der Waals surface area contributed by atoms with E-state index in [0.29, 0.717) is 12.3 Å². The quantitative estimate of drug-likeness (QED) is 0.799. The molecule has 0 aliphatic heterocycles. The molecule has 1 saturated carbocycles. The summed E-state index contributed by atoms with van der Waals surface area (Å²) in [5, 5.41) is 2.99. The fourth-order valence-electron chi connectivity index (χ4n) is 1.80. The van der Waals surface area contributed by atoms with Crippen molar-refractivity contribution < 1.29 is 4.79 Å². The van der Waals surface area contributed by atoms with Gasteiger partial charge in [0.1, 0.15) is 0 Å². The van der Waals surface area contributed by atoms with E-state index < -0.39 is 0 Å². The van der Waals surface area contributed by atoms with Gasteiger partial charge in [-0.25, -0.2) is 0 Å². The largest absolute Gasteiger partial charge is 0.326 e. The van der Waals surface area contributed by atoms with Gasteiger partial charge in [0.05, 0.1) is 0 Å². The molecule has 2 nitrogen and oxygen atoms in total. The van der Waals surface area contributed by atoms with Crippen molar-refractivity contribution in [3.63, 3.8) is 0 Å². The van der Waals surface area contributed by atoms with Crippen molar-refractivity contribution in [2.24, 2.45) is 0 Å². The van der Waals surface area contributed by atoms with Crippen molar-refractivity contribution in [2.75, 3.05) is 5.32 Å². The normalized spacial score (nSPS) is 15.0. The SMILES string of the molecule is CCCC(=O)Nc1ccccc1C1CC1. The van der Waals surface area contributed by atoms with E-state index in [4.69, 9.17) is 0 Å². The number of hydrogen-bond donors (Lipinski definition) is 1. The molecule has 0 atom stereocenters. The minimum atomic E-state index is 0.130. The van der Waals surface area contributed by atoms with Gasteiger partial charge in [0.15, 0.2) is 0 Å². The van der Waals surface area contributed by atoms with Gasteiger partial charge in [-0.05, 0) is 36.8 Å². The lowest BCUT2D eigenvalue weighted by Crippen LogP contribution is -2.11. The molecule has 0 bridgehead atoms. The number of benzene rings is 1. The van der Waals surface area contributed by atoms with Gasteiger partial charge in [0, 0.05) is 12.1 Å². The van der Waals surface area contributed by atoms with Crippen LogP contribution >= 0.6 is 0 Å². The van der Waals surface area contributed by atoms with Crippen LogP contribution in [0.25, 0.3) is 0 Å². The Morgan fingerprint density at radius 1 is 1.40 bits per heavy atom. The Kier molecular flexibility index (Phi) is 3.05. The Morgan fingerprint density at radius 2 is 2.13 bits per heavy atom. The topological polar surface area (TPSA) is 29.1 Å². The molecule has 15 heavy (non-hydrogen) atoms. The van der Waals surface area contributed by atoms with E-state index in [-0.39, 0.29) is 5.91 Å². The van der Waals surface area contributed by atoms with E-state index in [2.05, 4.69) is 11.4 Å². The molecular formula is C13H17NO. The van der Waals surface area contributed by atoms with Crippen LogP contribution in [-0.2, 0) is 4.79 Å². The zero-order chi connectivity index (χ0) is 10.7. The molecule has 1 aliphatic rings. The van der Waals surface area contributed by atoms with Gasteiger partial charge < -0.3 is 5.32 Å². The van der Waals surface area contributed by atoms with Crippen LogP contribution < -0.4 is 5.32 Å². The Labute approximate surface area is 90.7 Å². The number of rotatable bonds is 4. The fourth-order valence-corrected chi connectivity index (χ4v) is 1.80. The monoisotopic (exact) mass is 203 g/mol. The highest BCUT2D eigenvalue weighted by Gasteiger charge is 2.25. The van der Waals surface area contributed by atoms with Gasteiger partial charge in [-0.15, -0.1) is 0 Å². The van der Waals surface area contributed by atoms with Gasteiger partial charge in [-0.2, -0.15) is 0 Å². The zero-order valence-electron chi connectivity index (χ0n) is 9.12. The van der Waals surface area contributed by atoms with Crippen LogP contribution in [0, 0.1) is 0 Å². The molecular weight excluding hydrogens is 186 g/mol. The lowest BCUT2D eigenvalue weighted by atomic mass is 10.1. The molecule has 1 N–H and O–H groups in total. The Balaban J connectivity index is 2.09. The first-order chi connectivity index (χ1) is 7.31. The van der Waals surface area contributed by atoms with Crippen LogP contribution in [0.1, 0.15) is 44.1 Å². The van der Waals surface area contributed by atoms with Crippen molar-refractivity contribution in [2.45, 2.75) is 38.5 Å². The number of carbonyl (C=O) groups excluding carboxylic acids is 1. The van der Waals surface area contributed by atoms with Crippen molar-refractivity contribution in [1.82, 2.24) is 0 Å². The first-order valence-corrected chi connectivity index (χ1v) is 5.70. The molecule has 0 aromatic heterocycles. The number of amides is 1. The minimum Gasteiger partial charge on any atom is -0.326 e. The summed E-state index contributed by atoms with van der Waals surface area (Å²) in [6.45, 7) is 2.02. The third-order valence-corrected chi connectivity index (χ3v) is 2.73. The van der Waals surface area contributed by atoms with Crippen LogP contribution in [0.4, 0.5) is 5.69 Å². The molecule has 2 heteroatoms. The molecule has 0 unspecified atom stereocenters. The second-order valence-corrected chi connectivity index (χ2v) is 4.16. The number of anilines is 1. The highest BCUT2D eigenvalue weighted by molar-refractivity contribution is 5.91. The maximum atomic E-state index is 11.5. The van der Waals surface area contributed by atoms with Crippen molar-refractivity contribution >= 4 is 11.6 Å². The number of nitrogens with one attached hydrogen (secondary N) is 1. The lowest BCUT2D eigenvalue weighted by molar-refractivity contribution is -0.116. The molecule has 2 rings (SSSR count).